The maximum absolute atomic E-state index is 13.6. The second-order valence-corrected chi connectivity index (χ2v) is 10.5. The van der Waals surface area contributed by atoms with Crippen LogP contribution in [-0.4, -0.2) is 68.2 Å². The second kappa shape index (κ2) is 13.6. The van der Waals surface area contributed by atoms with Crippen molar-refractivity contribution in [2.24, 2.45) is 0 Å². The van der Waals surface area contributed by atoms with E-state index in [0.717, 1.165) is 44.7 Å². The molecule has 1 saturated heterocycles. The molecule has 0 spiro atoms. The molecule has 1 aliphatic heterocycles. The Morgan fingerprint density at radius 3 is 2.50 bits per heavy atom. The van der Waals surface area contributed by atoms with Crippen LogP contribution in [0.5, 0.6) is 0 Å². The van der Waals surface area contributed by atoms with E-state index in [9.17, 15) is 30.8 Å². The Morgan fingerprint density at radius 1 is 1.21 bits per heavy atom. The number of carbonyl (C=O) groups is 1. The lowest BCUT2D eigenvalue weighted by atomic mass is 10.2. The van der Waals surface area contributed by atoms with Gasteiger partial charge in [-0.05, 0) is 44.0 Å². The molecule has 0 bridgehead atoms. The van der Waals surface area contributed by atoms with Gasteiger partial charge in [0, 0.05) is 43.8 Å². The van der Waals surface area contributed by atoms with Crippen molar-refractivity contribution in [1.82, 2.24) is 19.8 Å². The summed E-state index contributed by atoms with van der Waals surface area (Å²) in [7, 11) is -3.95. The normalized spacial score (nSPS) is 14.4. The Bertz CT molecular complexity index is 1300. The van der Waals surface area contributed by atoms with E-state index in [1.165, 1.54) is 17.7 Å². The lowest BCUT2D eigenvalue weighted by Crippen LogP contribution is -2.32. The number of carboxylic acids is 1. The first-order valence-electron chi connectivity index (χ1n) is 11.1. The van der Waals surface area contributed by atoms with Gasteiger partial charge in [-0.15, -0.1) is 0 Å². The lowest BCUT2D eigenvalue weighted by Gasteiger charge is -2.23. The summed E-state index contributed by atoms with van der Waals surface area (Å²) in [6.07, 6.45) is -3.85. The van der Waals surface area contributed by atoms with Crippen LogP contribution < -0.4 is 20.5 Å². The molecule has 212 valence electrons. The van der Waals surface area contributed by atoms with Crippen LogP contribution in [0.1, 0.15) is 18.4 Å². The third-order valence-corrected chi connectivity index (χ3v) is 7.50. The van der Waals surface area contributed by atoms with Crippen LogP contribution in [0, 0.1) is 12.7 Å². The van der Waals surface area contributed by atoms with Gasteiger partial charge < -0.3 is 15.3 Å². The molecule has 38 heavy (non-hydrogen) atoms. The average molecular weight is 606 g/mol. The van der Waals surface area contributed by atoms with Crippen LogP contribution in [0.15, 0.2) is 27.9 Å². The number of halogens is 6. The molecule has 0 radical (unpaired) electrons. The Balaban J connectivity index is 0.000000638. The molecule has 17 heteroatoms. The highest BCUT2D eigenvalue weighted by atomic mass is 35.5. The highest BCUT2D eigenvalue weighted by molar-refractivity contribution is 7.89. The number of hydrogen-bond acceptors (Lipinski definition) is 7. The van der Waals surface area contributed by atoms with Crippen molar-refractivity contribution in [2.75, 3.05) is 37.6 Å². The van der Waals surface area contributed by atoms with E-state index in [-0.39, 0.29) is 45.7 Å². The zero-order valence-electron chi connectivity index (χ0n) is 20.0. The number of aryl methyl sites for hydroxylation is 1. The molecular weight excluding hydrogens is 581 g/mol. The lowest BCUT2D eigenvalue weighted by molar-refractivity contribution is -0.192. The molecule has 3 N–H and O–H groups in total. The molecule has 1 aliphatic rings. The van der Waals surface area contributed by atoms with E-state index in [4.69, 9.17) is 33.1 Å². The van der Waals surface area contributed by atoms with Crippen molar-refractivity contribution in [3.8, 4) is 0 Å². The van der Waals surface area contributed by atoms with E-state index in [2.05, 4.69) is 15.1 Å². The monoisotopic (exact) mass is 605 g/mol. The standard InChI is InChI=1S/C19H24Cl2FN5O3S.C2HF3O2/c1-13-15(20)10-14(22)11-17(13)31(29,30)24-5-3-8-27-18(28)12-16(19(21)25-27)26-7-2-4-23-6-9-26;3-2(4,5)1(6)7/h10-12,23-24H,2-9H2,1H3;(H,6,7). The van der Waals surface area contributed by atoms with Gasteiger partial charge in [0.25, 0.3) is 5.56 Å². The molecule has 2 aromatic rings. The van der Waals surface area contributed by atoms with E-state index < -0.39 is 28.0 Å². The summed E-state index contributed by atoms with van der Waals surface area (Å²) in [5, 5.41) is 14.8. The van der Waals surface area contributed by atoms with E-state index in [1.807, 2.05) is 4.90 Å². The number of hydrogen-bond donors (Lipinski definition) is 3. The number of nitrogens with one attached hydrogen (secondary N) is 2. The molecule has 1 aromatic carbocycles. The van der Waals surface area contributed by atoms with Crippen LogP contribution in [0.2, 0.25) is 10.2 Å². The van der Waals surface area contributed by atoms with Crippen molar-refractivity contribution in [3.63, 3.8) is 0 Å². The summed E-state index contributed by atoms with van der Waals surface area (Å²) in [6, 6.07) is 3.44. The molecule has 0 amide bonds. The first-order chi connectivity index (χ1) is 17.6. The fourth-order valence-electron chi connectivity index (χ4n) is 3.34. The quantitative estimate of drug-likeness (QED) is 0.324. The molecule has 1 fully saturated rings. The minimum absolute atomic E-state index is 0.0290. The molecule has 0 aliphatic carbocycles. The highest BCUT2D eigenvalue weighted by Crippen LogP contribution is 2.25. The summed E-state index contributed by atoms with van der Waals surface area (Å²) in [4.78, 5) is 23.2. The molecule has 0 unspecified atom stereocenters. The second-order valence-electron chi connectivity index (χ2n) is 8.04. The number of anilines is 1. The van der Waals surface area contributed by atoms with Gasteiger partial charge in [0.1, 0.15) is 5.82 Å². The van der Waals surface area contributed by atoms with Gasteiger partial charge in [0.15, 0.2) is 5.15 Å². The van der Waals surface area contributed by atoms with Crippen LogP contribution >= 0.6 is 23.2 Å². The number of aliphatic carboxylic acids is 1. The van der Waals surface area contributed by atoms with E-state index >= 15 is 0 Å². The van der Waals surface area contributed by atoms with Crippen LogP contribution in [0.4, 0.5) is 23.2 Å². The van der Waals surface area contributed by atoms with Crippen molar-refractivity contribution >= 4 is 44.9 Å². The predicted molar refractivity (Wildman–Crippen MR) is 133 cm³/mol. The first-order valence-corrected chi connectivity index (χ1v) is 13.4. The molecule has 3 rings (SSSR count). The number of nitrogens with zero attached hydrogens (tertiary/aromatic N) is 3. The maximum Gasteiger partial charge on any atom is 0.490 e. The summed E-state index contributed by atoms with van der Waals surface area (Å²) in [5.74, 6) is -3.49. The minimum atomic E-state index is -5.08. The zero-order chi connectivity index (χ0) is 28.7. The number of alkyl halides is 3. The number of benzene rings is 1. The molecular formula is C21H25Cl2F4N5O5S. The van der Waals surface area contributed by atoms with Crippen LogP contribution in [0.25, 0.3) is 0 Å². The van der Waals surface area contributed by atoms with Crippen molar-refractivity contribution in [1.29, 1.82) is 0 Å². The number of aromatic nitrogens is 2. The predicted octanol–water partition coefficient (Wildman–Crippen LogP) is 2.80. The maximum atomic E-state index is 13.6. The van der Waals surface area contributed by atoms with Gasteiger partial charge in [-0.25, -0.2) is 27.0 Å². The Morgan fingerprint density at radius 2 is 1.87 bits per heavy atom. The average Bonchev–Trinajstić information content (AvgIpc) is 3.10. The van der Waals surface area contributed by atoms with Crippen LogP contribution in [0.3, 0.4) is 0 Å². The SMILES string of the molecule is Cc1c(Cl)cc(F)cc1S(=O)(=O)NCCCn1nc(Cl)c(N2CCCNCC2)cc1=O.O=C(O)C(F)(F)F. The molecule has 10 nitrogen and oxygen atoms in total. The third-order valence-electron chi connectivity index (χ3n) is 5.25. The molecule has 0 atom stereocenters. The molecule has 2 heterocycles. The summed E-state index contributed by atoms with van der Waals surface area (Å²) in [5.41, 5.74) is 0.553. The fraction of sp³-hybridized carbons (Fsp3) is 0.476. The Labute approximate surface area is 225 Å². The van der Waals surface area contributed by atoms with Crippen molar-refractivity contribution < 1.29 is 35.9 Å². The number of rotatable bonds is 7. The topological polar surface area (TPSA) is 134 Å². The van der Waals surface area contributed by atoms with E-state index in [0.29, 0.717) is 5.69 Å². The third kappa shape index (κ3) is 9.08. The zero-order valence-corrected chi connectivity index (χ0v) is 22.3. The molecule has 0 saturated carbocycles. The Hall–Kier alpha value is -2.46. The van der Waals surface area contributed by atoms with Gasteiger partial charge in [-0.2, -0.15) is 18.3 Å². The molecule has 1 aromatic heterocycles. The minimum Gasteiger partial charge on any atom is -0.475 e. The van der Waals surface area contributed by atoms with Gasteiger partial charge in [0.05, 0.1) is 10.6 Å². The van der Waals surface area contributed by atoms with Crippen molar-refractivity contribution in [3.05, 3.63) is 50.1 Å². The summed E-state index contributed by atoms with van der Waals surface area (Å²) >= 11 is 12.2. The summed E-state index contributed by atoms with van der Waals surface area (Å²) in [6.45, 7) is 4.93. The van der Waals surface area contributed by atoms with Gasteiger partial charge in [0.2, 0.25) is 10.0 Å². The van der Waals surface area contributed by atoms with Gasteiger partial charge in [-0.3, -0.25) is 4.79 Å². The van der Waals surface area contributed by atoms with Crippen LogP contribution in [-0.2, 0) is 21.4 Å². The highest BCUT2D eigenvalue weighted by Gasteiger charge is 2.38. The largest absolute Gasteiger partial charge is 0.490 e. The van der Waals surface area contributed by atoms with Crippen molar-refractivity contribution in [2.45, 2.75) is 37.4 Å². The Kier molecular flexibility index (Phi) is 11.3. The number of carboxylic acid groups (broad SMARTS) is 1. The van der Waals surface area contributed by atoms with Gasteiger partial charge >= 0.3 is 12.1 Å². The number of sulfonamides is 1. The van der Waals surface area contributed by atoms with Gasteiger partial charge in [-0.1, -0.05) is 23.2 Å². The smallest absolute Gasteiger partial charge is 0.475 e. The van der Waals surface area contributed by atoms with E-state index in [1.54, 1.807) is 0 Å². The fourth-order valence-corrected chi connectivity index (χ4v) is 5.22. The first kappa shape index (κ1) is 31.8. The summed E-state index contributed by atoms with van der Waals surface area (Å²) < 4.78 is 73.9.